The maximum Gasteiger partial charge on any atom is 0.0334 e. The summed E-state index contributed by atoms with van der Waals surface area (Å²) < 4.78 is 0. The summed E-state index contributed by atoms with van der Waals surface area (Å²) in [5.41, 5.74) is 6.53. The minimum atomic E-state index is 0.369. The van der Waals surface area contributed by atoms with Gasteiger partial charge in [-0.15, -0.1) is 0 Å². The first kappa shape index (κ1) is 12.4. The van der Waals surface area contributed by atoms with Gasteiger partial charge in [-0.1, -0.05) is 32.6 Å². The molecule has 0 spiro atoms. The Morgan fingerprint density at radius 2 is 1.75 bits per heavy atom. The zero-order chi connectivity index (χ0) is 11.4. The van der Waals surface area contributed by atoms with Crippen LogP contribution in [0.25, 0.3) is 0 Å². The lowest BCUT2D eigenvalue weighted by Crippen LogP contribution is -2.54. The van der Waals surface area contributed by atoms with Crippen molar-refractivity contribution in [3.63, 3.8) is 0 Å². The summed E-state index contributed by atoms with van der Waals surface area (Å²) in [5.74, 6) is 0. The Morgan fingerprint density at radius 1 is 1.12 bits per heavy atom. The van der Waals surface area contributed by atoms with Crippen LogP contribution in [0.5, 0.6) is 0 Å². The van der Waals surface area contributed by atoms with Crippen LogP contribution in [0, 0.1) is 0 Å². The van der Waals surface area contributed by atoms with Gasteiger partial charge in [0.25, 0.3) is 0 Å². The Morgan fingerprint density at radius 3 is 2.19 bits per heavy atom. The Balaban J connectivity index is 2.08. The predicted molar refractivity (Wildman–Crippen MR) is 69.5 cm³/mol. The monoisotopic (exact) mass is 224 g/mol. The highest BCUT2D eigenvalue weighted by Gasteiger charge is 2.42. The fourth-order valence-electron chi connectivity index (χ4n) is 3.43. The standard InChI is InChI=1S/C14H28N2/c1-2-11-16(13-7-8-13)14(12-15)9-5-3-4-6-10-14/h13H,2-12,15H2,1H3. The lowest BCUT2D eigenvalue weighted by molar-refractivity contribution is 0.0692. The van der Waals surface area contributed by atoms with Crippen molar-refractivity contribution in [1.29, 1.82) is 0 Å². The van der Waals surface area contributed by atoms with Crippen molar-refractivity contribution in [2.45, 2.75) is 76.3 Å². The van der Waals surface area contributed by atoms with Crippen LogP contribution in [-0.2, 0) is 0 Å². The van der Waals surface area contributed by atoms with Crippen LogP contribution in [0.4, 0.5) is 0 Å². The molecule has 0 heterocycles. The van der Waals surface area contributed by atoms with Crippen LogP contribution < -0.4 is 5.73 Å². The molecule has 2 rings (SSSR count). The van der Waals surface area contributed by atoms with E-state index < -0.39 is 0 Å². The number of nitrogens with zero attached hydrogens (tertiary/aromatic N) is 1. The molecule has 0 aromatic rings. The van der Waals surface area contributed by atoms with Gasteiger partial charge in [0.1, 0.15) is 0 Å². The molecular formula is C14H28N2. The highest BCUT2D eigenvalue weighted by molar-refractivity contribution is 4.99. The number of hydrogen-bond acceptors (Lipinski definition) is 2. The first-order valence-electron chi connectivity index (χ1n) is 7.29. The van der Waals surface area contributed by atoms with Gasteiger partial charge < -0.3 is 5.73 Å². The van der Waals surface area contributed by atoms with Gasteiger partial charge in [0, 0.05) is 18.1 Å². The van der Waals surface area contributed by atoms with Crippen LogP contribution in [0.3, 0.4) is 0 Å². The SMILES string of the molecule is CCCN(C1CC1)C1(CN)CCCCCC1. The van der Waals surface area contributed by atoms with Crippen molar-refractivity contribution in [2.24, 2.45) is 5.73 Å². The van der Waals surface area contributed by atoms with E-state index in [4.69, 9.17) is 5.73 Å². The van der Waals surface area contributed by atoms with Crippen molar-refractivity contribution in [2.75, 3.05) is 13.1 Å². The van der Waals surface area contributed by atoms with Crippen LogP contribution in [-0.4, -0.2) is 29.6 Å². The predicted octanol–water partition coefficient (Wildman–Crippen LogP) is 2.91. The number of nitrogens with two attached hydrogens (primary N) is 1. The van der Waals surface area contributed by atoms with E-state index in [0.717, 1.165) is 12.6 Å². The van der Waals surface area contributed by atoms with Crippen molar-refractivity contribution in [1.82, 2.24) is 4.90 Å². The highest BCUT2D eigenvalue weighted by atomic mass is 15.3. The molecular weight excluding hydrogens is 196 g/mol. The number of hydrogen-bond donors (Lipinski definition) is 1. The summed E-state index contributed by atoms with van der Waals surface area (Å²) >= 11 is 0. The van der Waals surface area contributed by atoms with Gasteiger partial charge in [-0.3, -0.25) is 4.90 Å². The van der Waals surface area contributed by atoms with Crippen molar-refractivity contribution >= 4 is 0 Å². The Labute approximate surface area is 101 Å². The summed E-state index contributed by atoms with van der Waals surface area (Å²) in [5, 5.41) is 0. The lowest BCUT2D eigenvalue weighted by Gasteiger charge is -2.43. The topological polar surface area (TPSA) is 29.3 Å². The van der Waals surface area contributed by atoms with Gasteiger partial charge in [-0.25, -0.2) is 0 Å². The summed E-state index contributed by atoms with van der Waals surface area (Å²) in [6.45, 7) is 4.45. The molecule has 0 amide bonds. The summed E-state index contributed by atoms with van der Waals surface area (Å²) in [6.07, 6.45) is 12.4. The Hall–Kier alpha value is -0.0800. The molecule has 0 atom stereocenters. The lowest BCUT2D eigenvalue weighted by atomic mass is 9.87. The first-order valence-corrected chi connectivity index (χ1v) is 7.29. The molecule has 0 radical (unpaired) electrons. The molecule has 2 heteroatoms. The molecule has 0 bridgehead atoms. The average Bonchev–Trinajstić information content (AvgIpc) is 3.13. The smallest absolute Gasteiger partial charge is 0.0334 e. The van der Waals surface area contributed by atoms with Gasteiger partial charge in [0.2, 0.25) is 0 Å². The van der Waals surface area contributed by atoms with E-state index in [1.165, 1.54) is 64.3 Å². The van der Waals surface area contributed by atoms with Gasteiger partial charge in [-0.2, -0.15) is 0 Å². The molecule has 2 N–H and O–H groups in total. The number of rotatable bonds is 5. The third kappa shape index (κ3) is 2.60. The molecule has 2 nitrogen and oxygen atoms in total. The summed E-state index contributed by atoms with van der Waals surface area (Å²) in [6, 6.07) is 0.876. The second-order valence-electron chi connectivity index (χ2n) is 5.77. The zero-order valence-electron chi connectivity index (χ0n) is 10.9. The van der Waals surface area contributed by atoms with Crippen molar-refractivity contribution in [3.8, 4) is 0 Å². The second kappa shape index (κ2) is 5.50. The molecule has 0 aromatic carbocycles. The van der Waals surface area contributed by atoms with E-state index in [0.29, 0.717) is 5.54 Å². The van der Waals surface area contributed by atoms with Crippen molar-refractivity contribution < 1.29 is 0 Å². The zero-order valence-corrected chi connectivity index (χ0v) is 10.9. The van der Waals surface area contributed by atoms with Crippen LogP contribution in [0.15, 0.2) is 0 Å². The molecule has 2 aliphatic rings. The van der Waals surface area contributed by atoms with Crippen LogP contribution in [0.2, 0.25) is 0 Å². The normalized spacial score (nSPS) is 25.7. The third-order valence-corrected chi connectivity index (χ3v) is 4.48. The minimum absolute atomic E-state index is 0.369. The molecule has 2 aliphatic carbocycles. The average molecular weight is 224 g/mol. The van der Waals surface area contributed by atoms with E-state index in [-0.39, 0.29) is 0 Å². The van der Waals surface area contributed by atoms with E-state index in [1.807, 2.05) is 0 Å². The first-order chi connectivity index (χ1) is 7.82. The summed E-state index contributed by atoms with van der Waals surface area (Å²) in [4.78, 5) is 2.79. The molecule has 2 fully saturated rings. The minimum Gasteiger partial charge on any atom is -0.329 e. The molecule has 0 aromatic heterocycles. The molecule has 0 aliphatic heterocycles. The molecule has 0 unspecified atom stereocenters. The van der Waals surface area contributed by atoms with E-state index in [2.05, 4.69) is 11.8 Å². The van der Waals surface area contributed by atoms with Gasteiger partial charge >= 0.3 is 0 Å². The second-order valence-corrected chi connectivity index (χ2v) is 5.77. The van der Waals surface area contributed by atoms with E-state index in [1.54, 1.807) is 0 Å². The van der Waals surface area contributed by atoms with E-state index in [9.17, 15) is 0 Å². The van der Waals surface area contributed by atoms with Crippen LogP contribution in [0.1, 0.15) is 64.7 Å². The van der Waals surface area contributed by atoms with Gasteiger partial charge in [0.05, 0.1) is 0 Å². The molecule has 16 heavy (non-hydrogen) atoms. The quantitative estimate of drug-likeness (QED) is 0.728. The summed E-state index contributed by atoms with van der Waals surface area (Å²) in [7, 11) is 0. The van der Waals surface area contributed by atoms with E-state index >= 15 is 0 Å². The molecule has 0 saturated heterocycles. The third-order valence-electron chi connectivity index (χ3n) is 4.48. The van der Waals surface area contributed by atoms with Gasteiger partial charge in [0.15, 0.2) is 0 Å². The fraction of sp³-hybridized carbons (Fsp3) is 1.00. The molecule has 94 valence electrons. The van der Waals surface area contributed by atoms with Gasteiger partial charge in [-0.05, 0) is 38.6 Å². The largest absolute Gasteiger partial charge is 0.329 e. The maximum atomic E-state index is 6.16. The Kier molecular flexibility index (Phi) is 4.26. The molecule has 2 saturated carbocycles. The van der Waals surface area contributed by atoms with Crippen molar-refractivity contribution in [3.05, 3.63) is 0 Å². The Bertz CT molecular complexity index is 203. The highest BCUT2D eigenvalue weighted by Crippen LogP contribution is 2.39. The van der Waals surface area contributed by atoms with Crippen LogP contribution >= 0.6 is 0 Å². The fourth-order valence-corrected chi connectivity index (χ4v) is 3.43. The maximum absolute atomic E-state index is 6.16.